The van der Waals surface area contributed by atoms with E-state index in [1.165, 1.54) is 0 Å². The van der Waals surface area contributed by atoms with Crippen LogP contribution < -0.4 is 0 Å². The molecule has 2 aliphatic rings. The van der Waals surface area contributed by atoms with Gasteiger partial charge >= 0.3 is 0 Å². The summed E-state index contributed by atoms with van der Waals surface area (Å²) < 4.78 is 32.6. The van der Waals surface area contributed by atoms with Crippen molar-refractivity contribution < 1.29 is 17.9 Å². The summed E-state index contributed by atoms with van der Waals surface area (Å²) in [5, 5.41) is 0. The molecule has 1 amide bonds. The number of ether oxygens (including phenoxy) is 1. The topological polar surface area (TPSA) is 66.9 Å². The maximum atomic E-state index is 13.1. The standard InChI is InChI=1S/C21H32N2O4S/c1-17(2)14-20-15-27-13-12-23(20)21(24)19-8-10-22(11-9-19)28(25,26)16-18-6-4-3-5-7-18/h3-7,17,19-20H,8-16H2,1-2H3. The lowest BCUT2D eigenvalue weighted by atomic mass is 9.94. The zero-order chi connectivity index (χ0) is 20.1. The quantitative estimate of drug-likeness (QED) is 0.725. The molecular formula is C21H32N2O4S. The highest BCUT2D eigenvalue weighted by molar-refractivity contribution is 7.88. The van der Waals surface area contributed by atoms with Crippen LogP contribution in [0.4, 0.5) is 0 Å². The molecule has 2 aliphatic heterocycles. The van der Waals surface area contributed by atoms with E-state index in [-0.39, 0.29) is 23.6 Å². The first-order chi connectivity index (χ1) is 13.4. The van der Waals surface area contributed by atoms with Crippen molar-refractivity contribution in [2.24, 2.45) is 11.8 Å². The highest BCUT2D eigenvalue weighted by Crippen LogP contribution is 2.26. The van der Waals surface area contributed by atoms with E-state index in [1.807, 2.05) is 35.2 Å². The number of piperidine rings is 1. The van der Waals surface area contributed by atoms with Crippen molar-refractivity contribution in [2.45, 2.75) is 44.9 Å². The Labute approximate surface area is 168 Å². The first-order valence-electron chi connectivity index (χ1n) is 10.3. The fraction of sp³-hybridized carbons (Fsp3) is 0.667. The minimum Gasteiger partial charge on any atom is -0.377 e. The van der Waals surface area contributed by atoms with Gasteiger partial charge in [0.05, 0.1) is 25.0 Å². The summed E-state index contributed by atoms with van der Waals surface area (Å²) in [7, 11) is -3.35. The third-order valence-corrected chi connectivity index (χ3v) is 7.49. The fourth-order valence-electron chi connectivity index (χ4n) is 4.18. The Morgan fingerprint density at radius 2 is 1.82 bits per heavy atom. The van der Waals surface area contributed by atoms with Gasteiger partial charge in [0.25, 0.3) is 0 Å². The third kappa shape index (κ3) is 5.33. The smallest absolute Gasteiger partial charge is 0.226 e. The minimum atomic E-state index is -3.35. The van der Waals surface area contributed by atoms with Gasteiger partial charge in [0.15, 0.2) is 0 Å². The number of sulfonamides is 1. The largest absolute Gasteiger partial charge is 0.377 e. The molecule has 0 bridgehead atoms. The van der Waals surface area contributed by atoms with E-state index in [9.17, 15) is 13.2 Å². The Balaban J connectivity index is 1.57. The number of amides is 1. The van der Waals surface area contributed by atoms with Crippen molar-refractivity contribution in [3.63, 3.8) is 0 Å². The summed E-state index contributed by atoms with van der Waals surface area (Å²) in [5.74, 6) is 0.615. The molecule has 6 nitrogen and oxygen atoms in total. The number of benzene rings is 1. The number of nitrogens with zero attached hydrogens (tertiary/aromatic N) is 2. The van der Waals surface area contributed by atoms with Crippen molar-refractivity contribution in [1.29, 1.82) is 0 Å². The van der Waals surface area contributed by atoms with Gasteiger partial charge in [0, 0.05) is 25.6 Å². The lowest BCUT2D eigenvalue weighted by Gasteiger charge is -2.40. The van der Waals surface area contributed by atoms with E-state index >= 15 is 0 Å². The maximum Gasteiger partial charge on any atom is 0.226 e. The van der Waals surface area contributed by atoms with Crippen LogP contribution in [0.15, 0.2) is 30.3 Å². The average Bonchev–Trinajstić information content (AvgIpc) is 2.68. The van der Waals surface area contributed by atoms with Crippen LogP contribution in [0.3, 0.4) is 0 Å². The zero-order valence-corrected chi connectivity index (χ0v) is 17.7. The van der Waals surface area contributed by atoms with Gasteiger partial charge in [-0.2, -0.15) is 0 Å². The second-order valence-corrected chi connectivity index (χ2v) is 10.3. The zero-order valence-electron chi connectivity index (χ0n) is 16.9. The van der Waals surface area contributed by atoms with Gasteiger partial charge in [0.1, 0.15) is 0 Å². The Bertz CT molecular complexity index is 743. The summed E-state index contributed by atoms with van der Waals surface area (Å²) >= 11 is 0. The second-order valence-electron chi connectivity index (χ2n) is 8.31. The molecule has 2 heterocycles. The minimum absolute atomic E-state index is 0.0202. The van der Waals surface area contributed by atoms with Crippen molar-refractivity contribution in [3.05, 3.63) is 35.9 Å². The number of rotatable bonds is 6. The molecule has 0 aliphatic carbocycles. The van der Waals surface area contributed by atoms with Gasteiger partial charge in [-0.3, -0.25) is 4.79 Å². The molecule has 0 aromatic heterocycles. The average molecular weight is 409 g/mol. The molecule has 0 saturated carbocycles. The predicted molar refractivity (Wildman–Crippen MR) is 109 cm³/mol. The summed E-state index contributed by atoms with van der Waals surface area (Å²) in [6.07, 6.45) is 2.13. The molecule has 1 atom stereocenters. The monoisotopic (exact) mass is 408 g/mol. The fourth-order valence-corrected chi connectivity index (χ4v) is 5.74. The molecule has 3 rings (SSSR count). The molecular weight excluding hydrogens is 376 g/mol. The number of carbonyl (C=O) groups excluding carboxylic acids is 1. The van der Waals surface area contributed by atoms with Crippen molar-refractivity contribution in [2.75, 3.05) is 32.8 Å². The number of hydrogen-bond acceptors (Lipinski definition) is 4. The molecule has 0 spiro atoms. The molecule has 156 valence electrons. The van der Waals surface area contributed by atoms with Gasteiger partial charge in [-0.15, -0.1) is 0 Å². The Morgan fingerprint density at radius 3 is 2.46 bits per heavy atom. The van der Waals surface area contributed by atoms with Gasteiger partial charge in [-0.25, -0.2) is 12.7 Å². The molecule has 0 N–H and O–H groups in total. The Kier molecular flexibility index (Phi) is 7.12. The summed E-state index contributed by atoms with van der Waals surface area (Å²) in [5.41, 5.74) is 0.797. The summed E-state index contributed by atoms with van der Waals surface area (Å²) in [6.45, 7) is 7.00. The first kappa shape index (κ1) is 21.3. The van der Waals surface area contributed by atoms with E-state index in [1.54, 1.807) is 4.31 Å². The molecule has 0 radical (unpaired) electrons. The Morgan fingerprint density at radius 1 is 1.14 bits per heavy atom. The number of morpholine rings is 1. The van der Waals surface area contributed by atoms with Crippen LogP contribution in [0.25, 0.3) is 0 Å². The maximum absolute atomic E-state index is 13.1. The number of hydrogen-bond donors (Lipinski definition) is 0. The van der Waals surface area contributed by atoms with Crippen LogP contribution in [0.2, 0.25) is 0 Å². The van der Waals surface area contributed by atoms with E-state index in [4.69, 9.17) is 4.74 Å². The van der Waals surface area contributed by atoms with Gasteiger partial charge in [-0.1, -0.05) is 44.2 Å². The molecule has 1 aromatic rings. The molecule has 2 fully saturated rings. The van der Waals surface area contributed by atoms with Gasteiger partial charge in [0.2, 0.25) is 15.9 Å². The molecule has 7 heteroatoms. The van der Waals surface area contributed by atoms with Crippen LogP contribution in [-0.4, -0.2) is 62.4 Å². The van der Waals surface area contributed by atoms with E-state index in [0.29, 0.717) is 51.6 Å². The van der Waals surface area contributed by atoms with Crippen molar-refractivity contribution >= 4 is 15.9 Å². The Hall–Kier alpha value is -1.44. The lowest BCUT2D eigenvalue weighted by molar-refractivity contribution is -0.146. The van der Waals surface area contributed by atoms with Crippen LogP contribution in [-0.2, 0) is 25.3 Å². The normalized spacial score (nSPS) is 22.5. The molecule has 1 aromatic carbocycles. The first-order valence-corrected chi connectivity index (χ1v) is 11.9. The van der Waals surface area contributed by atoms with Crippen LogP contribution in [0.1, 0.15) is 38.7 Å². The van der Waals surface area contributed by atoms with Crippen LogP contribution in [0, 0.1) is 11.8 Å². The summed E-state index contributed by atoms with van der Waals surface area (Å²) in [6, 6.07) is 9.39. The predicted octanol–water partition coefficient (Wildman–Crippen LogP) is 2.50. The van der Waals surface area contributed by atoms with Crippen molar-refractivity contribution in [1.82, 2.24) is 9.21 Å². The highest BCUT2D eigenvalue weighted by Gasteiger charge is 2.36. The SMILES string of the molecule is CC(C)CC1COCCN1C(=O)C1CCN(S(=O)(=O)Cc2ccccc2)CC1. The lowest BCUT2D eigenvalue weighted by Crippen LogP contribution is -2.53. The summed E-state index contributed by atoms with van der Waals surface area (Å²) in [4.78, 5) is 15.1. The molecule has 2 saturated heterocycles. The van der Waals surface area contributed by atoms with Gasteiger partial charge in [-0.05, 0) is 30.7 Å². The van der Waals surface area contributed by atoms with Crippen molar-refractivity contribution in [3.8, 4) is 0 Å². The van der Waals surface area contributed by atoms with E-state index < -0.39 is 10.0 Å². The highest BCUT2D eigenvalue weighted by atomic mass is 32.2. The van der Waals surface area contributed by atoms with Crippen LogP contribution in [0.5, 0.6) is 0 Å². The van der Waals surface area contributed by atoms with Crippen LogP contribution >= 0.6 is 0 Å². The van der Waals surface area contributed by atoms with E-state index in [2.05, 4.69) is 13.8 Å². The molecule has 1 unspecified atom stereocenters. The third-order valence-electron chi connectivity index (χ3n) is 5.64. The number of carbonyl (C=O) groups is 1. The van der Waals surface area contributed by atoms with E-state index in [0.717, 1.165) is 12.0 Å². The molecule has 28 heavy (non-hydrogen) atoms. The van der Waals surface area contributed by atoms with Gasteiger partial charge < -0.3 is 9.64 Å². The second kappa shape index (κ2) is 9.37.